The molecular weight excluding hydrogens is 1370 g/mol. The summed E-state index contributed by atoms with van der Waals surface area (Å²) in [5.41, 5.74) is 3.49. The summed E-state index contributed by atoms with van der Waals surface area (Å²) in [6, 6.07) is 98.5. The van der Waals surface area contributed by atoms with Gasteiger partial charge in [-0.3, -0.25) is 0 Å². The third kappa shape index (κ3) is 11.9. The molecule has 2 aliphatic heterocycles. The normalized spacial score (nSPS) is 12.2. The van der Waals surface area contributed by atoms with Crippen LogP contribution in [0, 0.1) is 0 Å². The lowest BCUT2D eigenvalue weighted by Gasteiger charge is -2.25. The molecule has 3 aromatic heterocycles. The van der Waals surface area contributed by atoms with Crippen LogP contribution in [0.25, 0.3) is 89.7 Å². The molecular formula is C84H62N8O8P4. The number of nitrogens with zero attached hydrogens (tertiary/aromatic N) is 7. The Hall–Kier alpha value is -11.9. The van der Waals surface area contributed by atoms with Crippen LogP contribution in [-0.4, -0.2) is 65.0 Å². The van der Waals surface area contributed by atoms with E-state index in [0.717, 1.165) is 0 Å². The summed E-state index contributed by atoms with van der Waals surface area (Å²) in [5, 5.41) is 6.30. The summed E-state index contributed by atoms with van der Waals surface area (Å²) in [5.74, 6) is 0.967. The maximum Gasteiger partial charge on any atom is 0.204 e. The van der Waals surface area contributed by atoms with Crippen molar-refractivity contribution in [3.8, 4) is 62.8 Å². The first-order chi connectivity index (χ1) is 51.0. The van der Waals surface area contributed by atoms with Gasteiger partial charge in [-0.25, -0.2) is 29.9 Å². The number of hydrogen-bond acceptors (Lipinski definition) is 14. The fraction of sp³-hybridized carbons (Fsp3) is 0.0476. The van der Waals surface area contributed by atoms with Crippen LogP contribution in [0.1, 0.15) is 0 Å². The molecule has 8 bridgehead atoms. The lowest BCUT2D eigenvalue weighted by molar-refractivity contribution is 0.167. The molecule has 12 aromatic carbocycles. The molecule has 0 spiro atoms. The predicted molar refractivity (Wildman–Crippen MR) is 417 cm³/mol. The second-order valence-electron chi connectivity index (χ2n) is 25.0. The van der Waals surface area contributed by atoms with E-state index in [9.17, 15) is 0 Å². The SMILES string of the molecule is O=P(COc1cc2c3nc4nc(nc5c6ccccc6c(nc6nc(nc([nH]3)c2c(OCP(=O)(c2ccccc2)c2ccccc2)c1OCP(=O)(c1ccccc1)c1ccccc1)-c1ccccc1-6)n5OCP(=O)(c1ccccc1)c1ccccc1)-c1ccccc1-4)(c1ccccc1)c1ccccc1. The Balaban J connectivity index is 0.974. The van der Waals surface area contributed by atoms with Crippen LogP contribution in [0.3, 0.4) is 0 Å². The van der Waals surface area contributed by atoms with Crippen molar-refractivity contribution in [3.05, 3.63) is 322 Å². The molecule has 0 aliphatic carbocycles. The van der Waals surface area contributed by atoms with Crippen molar-refractivity contribution < 1.29 is 37.3 Å². The summed E-state index contributed by atoms with van der Waals surface area (Å²) in [6.45, 7) is 0. The van der Waals surface area contributed by atoms with Crippen LogP contribution < -0.4 is 61.5 Å². The molecule has 104 heavy (non-hydrogen) atoms. The maximum absolute atomic E-state index is 16.6. The Kier molecular flexibility index (Phi) is 17.3. The number of benzene rings is 12. The van der Waals surface area contributed by atoms with E-state index in [-0.39, 0.29) is 63.6 Å². The largest absolute Gasteiger partial charge is 0.481 e. The molecule has 506 valence electrons. The molecule has 15 aromatic rings. The van der Waals surface area contributed by atoms with Crippen molar-refractivity contribution in [2.45, 2.75) is 0 Å². The van der Waals surface area contributed by atoms with E-state index < -0.39 is 47.6 Å². The van der Waals surface area contributed by atoms with Gasteiger partial charge < -0.3 is 42.3 Å². The Bertz CT molecular complexity index is 5970. The van der Waals surface area contributed by atoms with Crippen molar-refractivity contribution in [3.63, 3.8) is 0 Å². The van der Waals surface area contributed by atoms with E-state index in [1.54, 1.807) is 10.8 Å². The Morgan fingerprint density at radius 2 is 0.558 bits per heavy atom. The second-order valence-corrected chi connectivity index (χ2v) is 36.1. The first-order valence-corrected chi connectivity index (χ1v) is 41.3. The molecule has 17 rings (SSSR count). The van der Waals surface area contributed by atoms with Crippen LogP contribution in [0.2, 0.25) is 0 Å². The third-order valence-electron chi connectivity index (χ3n) is 18.8. The number of aromatic amines is 1. The maximum atomic E-state index is 16.6. The van der Waals surface area contributed by atoms with Crippen LogP contribution >= 0.6 is 28.6 Å². The fourth-order valence-corrected chi connectivity index (χ4v) is 22.3. The van der Waals surface area contributed by atoms with E-state index in [1.165, 1.54) is 0 Å². The van der Waals surface area contributed by atoms with Crippen LogP contribution in [0.4, 0.5) is 0 Å². The summed E-state index contributed by atoms with van der Waals surface area (Å²) in [4.78, 5) is 43.2. The zero-order valence-electron chi connectivity index (χ0n) is 55.6. The number of fused-ring (bicyclic) bond motifs is 20. The van der Waals surface area contributed by atoms with E-state index in [4.69, 9.17) is 49.0 Å². The molecule has 16 nitrogen and oxygen atoms in total. The lowest BCUT2D eigenvalue weighted by atomic mass is 10.1. The average Bonchev–Trinajstić information content (AvgIpc) is 1.57. The third-order valence-corrected chi connectivity index (χ3v) is 29.8. The van der Waals surface area contributed by atoms with E-state index >= 15 is 18.3 Å². The van der Waals surface area contributed by atoms with Gasteiger partial charge >= 0.3 is 0 Å². The summed E-state index contributed by atoms with van der Waals surface area (Å²) < 4.78 is 88.7. The van der Waals surface area contributed by atoms with Crippen molar-refractivity contribution in [2.75, 3.05) is 25.4 Å². The zero-order chi connectivity index (χ0) is 70.2. The van der Waals surface area contributed by atoms with Gasteiger partial charge in [0.1, 0.15) is 30.3 Å². The Morgan fingerprint density at radius 3 is 0.904 bits per heavy atom. The molecule has 1 N–H and O–H groups in total. The second kappa shape index (κ2) is 27.5. The van der Waals surface area contributed by atoms with Gasteiger partial charge in [-0.05, 0) is 6.07 Å². The number of ether oxygens (including phenoxy) is 3. The zero-order valence-corrected chi connectivity index (χ0v) is 59.2. The number of hydrogen-bond donors (Lipinski definition) is 1. The average molecular weight is 1440 g/mol. The molecule has 0 fully saturated rings. The van der Waals surface area contributed by atoms with Crippen molar-refractivity contribution in [1.82, 2.24) is 39.6 Å². The van der Waals surface area contributed by atoms with Crippen molar-refractivity contribution >= 4 is 115 Å². The summed E-state index contributed by atoms with van der Waals surface area (Å²) in [7, 11) is -14.9. The quantitative estimate of drug-likeness (QED) is 0.0706. The van der Waals surface area contributed by atoms with Gasteiger partial charge in [0, 0.05) is 80.8 Å². The van der Waals surface area contributed by atoms with Crippen molar-refractivity contribution in [2.24, 2.45) is 0 Å². The van der Waals surface area contributed by atoms with Gasteiger partial charge in [0.2, 0.25) is 5.75 Å². The molecule has 2 aliphatic rings. The number of nitrogens with one attached hydrogen (secondary N) is 1. The molecule has 0 saturated carbocycles. The summed E-state index contributed by atoms with van der Waals surface area (Å²) >= 11 is 0. The highest BCUT2D eigenvalue weighted by molar-refractivity contribution is 7.79. The predicted octanol–water partition coefficient (Wildman–Crippen LogP) is 15.8. The highest BCUT2D eigenvalue weighted by Gasteiger charge is 2.37. The van der Waals surface area contributed by atoms with Crippen LogP contribution in [-0.2, 0) is 18.3 Å². The number of H-pyrrole nitrogens is 1. The first kappa shape index (κ1) is 65.4. The molecule has 20 heteroatoms. The first-order valence-electron chi connectivity index (χ1n) is 33.7. The Morgan fingerprint density at radius 1 is 0.279 bits per heavy atom. The standard InChI is InChI=1S/C84H62N8O8P4/c93-101(58-31-9-1-10-32-58,59-33-11-2-12-34-59)54-97-73-53-72-74(76(99-56-103(95,62-39-17-5-18-40-62)63-41-19-6-20-42-63)75(73)98-55-102(94,60-35-13-3-14-36-60)61-37-15-4-16-38-61)82-88-78-67-48-26-28-50-69(67)80(86-78)91-84-71-52-30-29-51-70(71)83(90-79-68-49-27-25-47-66(68)77(85-79)87-81(72)89-82)92(84)100-57-104(96,64-43-21-7-22-44-64)65-45-23-8-24-46-65/h1-53H,54-57H2,(H,85,86,87,88,89,90,91). The van der Waals surface area contributed by atoms with E-state index in [0.29, 0.717) is 92.1 Å². The lowest BCUT2D eigenvalue weighted by Crippen LogP contribution is -2.24. The molecule has 0 amide bonds. The molecule has 0 saturated heterocycles. The van der Waals surface area contributed by atoms with Gasteiger partial charge in [0.15, 0.2) is 81.0 Å². The fourth-order valence-electron chi connectivity index (χ4n) is 13.5. The minimum atomic E-state index is -3.80. The molecule has 5 heterocycles. The topological polar surface area (TPSA) is 203 Å². The highest BCUT2D eigenvalue weighted by atomic mass is 31.2. The van der Waals surface area contributed by atoms with Gasteiger partial charge in [0.05, 0.1) is 5.39 Å². The number of aromatic nitrogens is 8. The number of rotatable bonds is 20. The Labute approximate surface area is 598 Å². The van der Waals surface area contributed by atoms with Crippen molar-refractivity contribution in [1.29, 1.82) is 0 Å². The van der Waals surface area contributed by atoms with Gasteiger partial charge in [-0.15, -0.1) is 4.73 Å². The minimum absolute atomic E-state index is 0.0189. The van der Waals surface area contributed by atoms with E-state index in [2.05, 4.69) is 4.98 Å². The molecule has 0 atom stereocenters. The van der Waals surface area contributed by atoms with Gasteiger partial charge in [-0.2, -0.15) is 0 Å². The smallest absolute Gasteiger partial charge is 0.204 e. The molecule has 0 unspecified atom stereocenters. The minimum Gasteiger partial charge on any atom is -0.481 e. The van der Waals surface area contributed by atoms with Gasteiger partial charge in [-0.1, -0.05) is 315 Å². The van der Waals surface area contributed by atoms with Crippen LogP contribution in [0.5, 0.6) is 17.2 Å². The van der Waals surface area contributed by atoms with Gasteiger partial charge in [0.25, 0.3) is 0 Å². The highest BCUT2D eigenvalue weighted by Crippen LogP contribution is 2.55. The molecule has 0 radical (unpaired) electrons. The summed E-state index contributed by atoms with van der Waals surface area (Å²) in [6.07, 6.45) is -1.58. The van der Waals surface area contributed by atoms with Crippen LogP contribution in [0.15, 0.2) is 322 Å². The van der Waals surface area contributed by atoms with E-state index in [1.807, 2.05) is 315 Å². The monoisotopic (exact) mass is 1430 g/mol.